The van der Waals surface area contributed by atoms with Crippen LogP contribution in [0.2, 0.25) is 0 Å². The van der Waals surface area contributed by atoms with Gasteiger partial charge in [-0.25, -0.2) is 0 Å². The van der Waals surface area contributed by atoms with Gasteiger partial charge in [0.25, 0.3) is 0 Å². The second kappa shape index (κ2) is 14.5. The van der Waals surface area contributed by atoms with Crippen molar-refractivity contribution in [2.75, 3.05) is 9.80 Å². The molecule has 10 aromatic carbocycles. The molecule has 12 rings (SSSR count). The molecule has 0 aliphatic heterocycles. The van der Waals surface area contributed by atoms with Gasteiger partial charge in [-0.05, 0) is 135 Å². The highest BCUT2D eigenvalue weighted by Crippen LogP contribution is 2.60. The molecular weight excluding hydrogens is 753 g/mol. The zero-order valence-electron chi connectivity index (χ0n) is 40.4. The van der Waals surface area contributed by atoms with Gasteiger partial charge >= 0.3 is 0 Å². The van der Waals surface area contributed by atoms with Crippen molar-refractivity contribution in [2.45, 2.75) is 5.41 Å². The van der Waals surface area contributed by atoms with E-state index in [1.165, 1.54) is 0 Å². The summed E-state index contributed by atoms with van der Waals surface area (Å²) in [5.41, 5.74) is 9.22. The number of benzene rings is 10. The summed E-state index contributed by atoms with van der Waals surface area (Å²) >= 11 is 0. The number of para-hydroxylation sites is 5. The number of hydrogen-bond donors (Lipinski definition) is 0. The van der Waals surface area contributed by atoms with Crippen LogP contribution in [0.4, 0.5) is 34.1 Å². The van der Waals surface area contributed by atoms with E-state index in [1.54, 1.807) is 0 Å². The van der Waals surface area contributed by atoms with Gasteiger partial charge in [0.15, 0.2) is 0 Å². The predicted octanol–water partition coefficient (Wildman–Crippen LogP) is 16.0. The molecule has 0 bridgehead atoms. The molecule has 0 saturated carbocycles. The van der Waals surface area contributed by atoms with Gasteiger partial charge in [-0.1, -0.05) is 152 Å². The highest BCUT2D eigenvalue weighted by atomic mass is 16.3. The normalized spacial score (nSPS) is 14.2. The minimum Gasteiger partial charge on any atom is -0.456 e. The van der Waals surface area contributed by atoms with Crippen LogP contribution in [0, 0.1) is 0 Å². The number of anilines is 6. The van der Waals surface area contributed by atoms with E-state index >= 15 is 0 Å². The van der Waals surface area contributed by atoms with Crippen LogP contribution in [0.15, 0.2) is 247 Å². The van der Waals surface area contributed by atoms with Gasteiger partial charge in [-0.15, -0.1) is 0 Å². The van der Waals surface area contributed by atoms with Gasteiger partial charge in [0.2, 0.25) is 0 Å². The summed E-state index contributed by atoms with van der Waals surface area (Å²) in [6.07, 6.45) is 0. The SMILES string of the molecule is [2H]c1c([2H])c([2H])c2c([2H])c(C3(c4cccc5oc6ccccc6c45)c4ccc(N(c5ccccc5)c5ccccc5)cc4-c4cc(N(c5ccccc5)c5ccccc5)ccc43)c([2H])c([2H])c2c1[2H]. The van der Waals surface area contributed by atoms with E-state index in [0.29, 0.717) is 16.7 Å². The number of rotatable bonds is 8. The van der Waals surface area contributed by atoms with Crippen LogP contribution >= 0.6 is 0 Å². The van der Waals surface area contributed by atoms with Crippen LogP contribution in [-0.4, -0.2) is 0 Å². The summed E-state index contributed by atoms with van der Waals surface area (Å²) < 4.78 is 72.3. The highest BCUT2D eigenvalue weighted by Gasteiger charge is 2.48. The Morgan fingerprint density at radius 2 is 0.871 bits per heavy atom. The van der Waals surface area contributed by atoms with E-state index in [0.717, 1.165) is 67.2 Å². The fourth-order valence-electron chi connectivity index (χ4n) is 9.54. The molecular formula is C59H40N2O. The minimum absolute atomic E-state index is 0.109. The fourth-order valence-corrected chi connectivity index (χ4v) is 9.54. The molecule has 0 fully saturated rings. The third-order valence-electron chi connectivity index (χ3n) is 12.1. The van der Waals surface area contributed by atoms with Crippen LogP contribution in [0.3, 0.4) is 0 Å². The number of furan rings is 1. The Hall–Kier alpha value is -8.14. The maximum absolute atomic E-state index is 10.3. The summed E-state index contributed by atoms with van der Waals surface area (Å²) in [7, 11) is 0. The van der Waals surface area contributed by atoms with E-state index < -0.39 is 29.6 Å². The van der Waals surface area contributed by atoms with Crippen LogP contribution < -0.4 is 9.80 Å². The van der Waals surface area contributed by atoms with E-state index in [-0.39, 0.29) is 34.5 Å². The molecule has 292 valence electrons. The Morgan fingerprint density at radius 1 is 0.387 bits per heavy atom. The first-order chi connectivity index (χ1) is 33.7. The molecule has 0 spiro atoms. The van der Waals surface area contributed by atoms with E-state index in [2.05, 4.69) is 94.7 Å². The second-order valence-corrected chi connectivity index (χ2v) is 15.5. The topological polar surface area (TPSA) is 19.6 Å². The standard InChI is InChI=1S/C59H40N2O/c1-5-20-44(21-6-1)60(45-22-7-2-8-23-45)48-34-36-53-51(39-48)52-40-49(61(46-24-9-3-10-25-46)47-26-11-4-12-27-47)35-37-54(52)59(53,43-33-32-41-18-13-14-19-42(41)38-43)55-29-17-31-57-58(55)50-28-15-16-30-56(50)62-57/h1-40H/i13D,14D,18D,19D,32D,33D,38D. The quantitative estimate of drug-likeness (QED) is 0.153. The fraction of sp³-hybridized carbons (Fsp3) is 0.0169. The van der Waals surface area contributed by atoms with Gasteiger partial charge in [0, 0.05) is 44.9 Å². The Labute approximate surface area is 370 Å². The van der Waals surface area contributed by atoms with Gasteiger partial charge in [-0.2, -0.15) is 0 Å². The van der Waals surface area contributed by atoms with Crippen LogP contribution in [0.25, 0.3) is 43.8 Å². The first-order valence-electron chi connectivity index (χ1n) is 24.2. The molecule has 0 saturated heterocycles. The van der Waals surface area contributed by atoms with Crippen LogP contribution in [0.5, 0.6) is 0 Å². The Bertz CT molecular complexity index is 3620. The summed E-state index contributed by atoms with van der Waals surface area (Å²) in [5.74, 6) is 0. The van der Waals surface area contributed by atoms with Crippen molar-refractivity contribution >= 4 is 66.8 Å². The number of nitrogens with zero attached hydrogens (tertiary/aromatic N) is 2. The third-order valence-corrected chi connectivity index (χ3v) is 12.1. The van der Waals surface area contributed by atoms with Crippen molar-refractivity contribution in [3.63, 3.8) is 0 Å². The zero-order valence-corrected chi connectivity index (χ0v) is 33.4. The molecule has 1 aliphatic rings. The summed E-state index contributed by atoms with van der Waals surface area (Å²) in [5, 5.41) is 1.33. The second-order valence-electron chi connectivity index (χ2n) is 15.5. The van der Waals surface area contributed by atoms with Gasteiger partial charge in [-0.3, -0.25) is 0 Å². The van der Waals surface area contributed by atoms with Gasteiger partial charge in [0.1, 0.15) is 11.2 Å². The summed E-state index contributed by atoms with van der Waals surface area (Å²) in [6.45, 7) is 0. The maximum Gasteiger partial charge on any atom is 0.135 e. The monoisotopic (exact) mass is 799 g/mol. The van der Waals surface area contributed by atoms with Crippen molar-refractivity contribution in [1.29, 1.82) is 0 Å². The minimum atomic E-state index is -1.52. The molecule has 1 heterocycles. The highest BCUT2D eigenvalue weighted by molar-refractivity contribution is 6.09. The lowest BCUT2D eigenvalue weighted by atomic mass is 9.66. The Kier molecular flexibility index (Phi) is 6.84. The van der Waals surface area contributed by atoms with Crippen LogP contribution in [0.1, 0.15) is 31.8 Å². The first-order valence-corrected chi connectivity index (χ1v) is 20.7. The average molecular weight is 800 g/mol. The largest absolute Gasteiger partial charge is 0.456 e. The first kappa shape index (κ1) is 29.1. The van der Waals surface area contributed by atoms with E-state index in [4.69, 9.17) is 8.53 Å². The van der Waals surface area contributed by atoms with E-state index in [1.807, 2.05) is 115 Å². The molecule has 0 N–H and O–H groups in total. The molecule has 62 heavy (non-hydrogen) atoms. The average Bonchev–Trinajstić information content (AvgIpc) is 3.91. The molecule has 0 amide bonds. The van der Waals surface area contributed by atoms with Crippen molar-refractivity contribution in [3.05, 3.63) is 265 Å². The smallest absolute Gasteiger partial charge is 0.135 e. The predicted molar refractivity (Wildman–Crippen MR) is 258 cm³/mol. The molecule has 1 aromatic heterocycles. The lowest BCUT2D eigenvalue weighted by Gasteiger charge is -2.35. The van der Waals surface area contributed by atoms with Crippen molar-refractivity contribution in [3.8, 4) is 11.1 Å². The van der Waals surface area contributed by atoms with Crippen molar-refractivity contribution < 1.29 is 14.0 Å². The molecule has 0 radical (unpaired) electrons. The molecule has 11 aromatic rings. The van der Waals surface area contributed by atoms with Crippen molar-refractivity contribution in [2.24, 2.45) is 0 Å². The molecule has 3 nitrogen and oxygen atoms in total. The third kappa shape index (κ3) is 5.59. The lowest BCUT2D eigenvalue weighted by molar-refractivity contribution is 0.667. The van der Waals surface area contributed by atoms with Crippen LogP contribution in [-0.2, 0) is 5.41 Å². The lowest BCUT2D eigenvalue weighted by Crippen LogP contribution is -2.29. The zero-order chi connectivity index (χ0) is 47.1. The Morgan fingerprint density at radius 3 is 1.42 bits per heavy atom. The molecule has 3 heteroatoms. The molecule has 0 atom stereocenters. The van der Waals surface area contributed by atoms with Gasteiger partial charge < -0.3 is 14.2 Å². The van der Waals surface area contributed by atoms with Crippen molar-refractivity contribution in [1.82, 2.24) is 0 Å². The molecule has 0 unspecified atom stereocenters. The number of hydrogen-bond acceptors (Lipinski definition) is 3. The summed E-state index contributed by atoms with van der Waals surface area (Å²) in [6, 6.07) is 64.1. The van der Waals surface area contributed by atoms with Gasteiger partial charge in [0.05, 0.1) is 15.0 Å². The number of fused-ring (bicyclic) bond motifs is 7. The Balaban J connectivity index is 1.27. The summed E-state index contributed by atoms with van der Waals surface area (Å²) in [4.78, 5) is 4.41. The van der Waals surface area contributed by atoms with E-state index in [9.17, 15) is 5.48 Å². The maximum atomic E-state index is 10.3. The molecule has 1 aliphatic carbocycles.